The van der Waals surface area contributed by atoms with Gasteiger partial charge >= 0.3 is 0 Å². The number of aromatic nitrogens is 3. The molecule has 0 spiro atoms. The molecule has 1 aromatic heterocycles. The van der Waals surface area contributed by atoms with Crippen LogP contribution in [0.3, 0.4) is 0 Å². The van der Waals surface area contributed by atoms with E-state index in [1.54, 1.807) is 7.11 Å². The van der Waals surface area contributed by atoms with Gasteiger partial charge in [-0.2, -0.15) is 0 Å². The Labute approximate surface area is 118 Å². The maximum Gasteiger partial charge on any atom is 0.170 e. The van der Waals surface area contributed by atoms with E-state index in [1.807, 2.05) is 36.7 Å². The lowest BCUT2D eigenvalue weighted by molar-refractivity contribution is 0.269. The average Bonchev–Trinajstić information content (AvgIpc) is 2.77. The van der Waals surface area contributed by atoms with Gasteiger partial charge in [-0.3, -0.25) is 0 Å². The number of ether oxygens (including phenoxy) is 2. The van der Waals surface area contributed by atoms with Crippen LogP contribution in [0.5, 0.6) is 11.5 Å². The molecule has 20 heavy (non-hydrogen) atoms. The standard InChI is InChI=1S/C14H20N4O2/c1-10-16-17-13(18(10)2)9-20-14-11(7-8-15)5-4-6-12(14)19-3/h4-6H,7-9,15H2,1-3H3. The van der Waals surface area contributed by atoms with Crippen molar-refractivity contribution in [3.8, 4) is 11.5 Å². The topological polar surface area (TPSA) is 75.2 Å². The van der Waals surface area contributed by atoms with Crippen LogP contribution in [0.1, 0.15) is 17.2 Å². The van der Waals surface area contributed by atoms with Gasteiger partial charge in [0.05, 0.1) is 7.11 Å². The third-order valence-electron chi connectivity index (χ3n) is 3.22. The number of nitrogens with zero attached hydrogens (tertiary/aromatic N) is 3. The molecule has 6 heteroatoms. The summed E-state index contributed by atoms with van der Waals surface area (Å²) in [6, 6.07) is 5.80. The normalized spacial score (nSPS) is 10.6. The van der Waals surface area contributed by atoms with Crippen molar-refractivity contribution in [3.05, 3.63) is 35.4 Å². The van der Waals surface area contributed by atoms with Crippen LogP contribution in [0.4, 0.5) is 0 Å². The summed E-state index contributed by atoms with van der Waals surface area (Å²) in [6.07, 6.45) is 0.740. The smallest absolute Gasteiger partial charge is 0.170 e. The molecule has 108 valence electrons. The van der Waals surface area contributed by atoms with E-state index in [4.69, 9.17) is 15.2 Å². The molecule has 0 amide bonds. The van der Waals surface area contributed by atoms with Crippen LogP contribution in [-0.2, 0) is 20.1 Å². The van der Waals surface area contributed by atoms with Gasteiger partial charge in [0.15, 0.2) is 17.3 Å². The fraction of sp³-hybridized carbons (Fsp3) is 0.429. The minimum absolute atomic E-state index is 0.343. The summed E-state index contributed by atoms with van der Waals surface area (Å²) in [5.74, 6) is 3.05. The molecule has 0 saturated heterocycles. The number of aryl methyl sites for hydroxylation is 1. The minimum atomic E-state index is 0.343. The Bertz CT molecular complexity index is 581. The molecule has 0 aliphatic rings. The molecule has 0 aliphatic carbocycles. The second kappa shape index (κ2) is 6.38. The van der Waals surface area contributed by atoms with E-state index in [0.717, 1.165) is 29.4 Å². The highest BCUT2D eigenvalue weighted by Gasteiger charge is 2.12. The highest BCUT2D eigenvalue weighted by molar-refractivity contribution is 5.46. The molecule has 1 heterocycles. The van der Waals surface area contributed by atoms with Gasteiger partial charge in [-0.25, -0.2) is 0 Å². The molecular formula is C14H20N4O2. The molecule has 2 N–H and O–H groups in total. The summed E-state index contributed by atoms with van der Waals surface area (Å²) >= 11 is 0. The van der Waals surface area contributed by atoms with Crippen LogP contribution in [0.25, 0.3) is 0 Å². The Morgan fingerprint density at radius 2 is 2.10 bits per heavy atom. The lowest BCUT2D eigenvalue weighted by Crippen LogP contribution is -2.09. The van der Waals surface area contributed by atoms with Gasteiger partial charge in [-0.15, -0.1) is 10.2 Å². The molecule has 0 saturated carbocycles. The minimum Gasteiger partial charge on any atom is -0.493 e. The molecular weight excluding hydrogens is 256 g/mol. The van der Waals surface area contributed by atoms with Gasteiger partial charge in [-0.05, 0) is 31.5 Å². The SMILES string of the molecule is COc1cccc(CCN)c1OCc1nnc(C)n1C. The quantitative estimate of drug-likeness (QED) is 0.858. The zero-order valence-corrected chi connectivity index (χ0v) is 12.1. The molecule has 0 bridgehead atoms. The number of methoxy groups -OCH3 is 1. The van der Waals surface area contributed by atoms with E-state index in [9.17, 15) is 0 Å². The Hall–Kier alpha value is -2.08. The van der Waals surface area contributed by atoms with Crippen molar-refractivity contribution in [2.75, 3.05) is 13.7 Å². The third-order valence-corrected chi connectivity index (χ3v) is 3.22. The van der Waals surface area contributed by atoms with E-state index in [0.29, 0.717) is 18.9 Å². The molecule has 1 aromatic carbocycles. The van der Waals surface area contributed by atoms with Crippen LogP contribution in [0.2, 0.25) is 0 Å². The maximum absolute atomic E-state index is 5.89. The van der Waals surface area contributed by atoms with Gasteiger partial charge in [0.1, 0.15) is 12.4 Å². The van der Waals surface area contributed by atoms with Crippen molar-refractivity contribution in [3.63, 3.8) is 0 Å². The zero-order chi connectivity index (χ0) is 14.5. The number of nitrogens with two attached hydrogens (primary N) is 1. The second-order valence-electron chi connectivity index (χ2n) is 4.50. The van der Waals surface area contributed by atoms with Gasteiger partial charge in [0, 0.05) is 7.05 Å². The first-order valence-corrected chi connectivity index (χ1v) is 6.51. The maximum atomic E-state index is 5.89. The van der Waals surface area contributed by atoms with Crippen LogP contribution < -0.4 is 15.2 Å². The van der Waals surface area contributed by atoms with E-state index >= 15 is 0 Å². The second-order valence-corrected chi connectivity index (χ2v) is 4.50. The van der Waals surface area contributed by atoms with Crippen molar-refractivity contribution in [2.24, 2.45) is 12.8 Å². The van der Waals surface area contributed by atoms with Gasteiger partial charge in [0.2, 0.25) is 0 Å². The largest absolute Gasteiger partial charge is 0.493 e. The molecule has 6 nitrogen and oxygen atoms in total. The van der Waals surface area contributed by atoms with E-state index < -0.39 is 0 Å². The first kappa shape index (κ1) is 14.3. The first-order chi connectivity index (χ1) is 9.67. The Morgan fingerprint density at radius 1 is 1.30 bits per heavy atom. The first-order valence-electron chi connectivity index (χ1n) is 6.51. The Kier molecular flexibility index (Phi) is 4.57. The van der Waals surface area contributed by atoms with Gasteiger partial charge < -0.3 is 19.8 Å². The highest BCUT2D eigenvalue weighted by atomic mass is 16.5. The van der Waals surface area contributed by atoms with Crippen LogP contribution in [0, 0.1) is 6.92 Å². The van der Waals surface area contributed by atoms with E-state index in [2.05, 4.69) is 10.2 Å². The number of rotatable bonds is 6. The zero-order valence-electron chi connectivity index (χ0n) is 12.1. The van der Waals surface area contributed by atoms with Crippen molar-refractivity contribution in [2.45, 2.75) is 20.0 Å². The predicted molar refractivity (Wildman–Crippen MR) is 75.8 cm³/mol. The van der Waals surface area contributed by atoms with Crippen LogP contribution in [0.15, 0.2) is 18.2 Å². The molecule has 0 atom stereocenters. The van der Waals surface area contributed by atoms with Crippen molar-refractivity contribution in [1.29, 1.82) is 0 Å². The summed E-state index contributed by atoms with van der Waals surface area (Å²) in [4.78, 5) is 0. The summed E-state index contributed by atoms with van der Waals surface area (Å²) in [6.45, 7) is 2.81. The number of hydrogen-bond donors (Lipinski definition) is 1. The molecule has 0 unspecified atom stereocenters. The number of benzene rings is 1. The molecule has 2 rings (SSSR count). The predicted octanol–water partition coefficient (Wildman–Crippen LogP) is 1.21. The van der Waals surface area contributed by atoms with Gasteiger partial charge in [0.25, 0.3) is 0 Å². The highest BCUT2D eigenvalue weighted by Crippen LogP contribution is 2.31. The summed E-state index contributed by atoms with van der Waals surface area (Å²) in [5.41, 5.74) is 6.67. The lowest BCUT2D eigenvalue weighted by atomic mass is 10.1. The Balaban J connectivity index is 2.21. The monoisotopic (exact) mass is 276 g/mol. The fourth-order valence-electron chi connectivity index (χ4n) is 1.95. The number of para-hydroxylation sites is 1. The molecule has 0 radical (unpaired) electrons. The molecule has 2 aromatic rings. The van der Waals surface area contributed by atoms with E-state index in [1.165, 1.54) is 0 Å². The van der Waals surface area contributed by atoms with Gasteiger partial charge in [-0.1, -0.05) is 12.1 Å². The average molecular weight is 276 g/mol. The third kappa shape index (κ3) is 2.91. The number of hydrogen-bond acceptors (Lipinski definition) is 5. The van der Waals surface area contributed by atoms with Crippen molar-refractivity contribution in [1.82, 2.24) is 14.8 Å². The summed E-state index contributed by atoms with van der Waals surface area (Å²) in [5, 5.41) is 8.10. The molecule has 0 aliphatic heterocycles. The van der Waals surface area contributed by atoms with Crippen LogP contribution in [-0.4, -0.2) is 28.4 Å². The lowest BCUT2D eigenvalue weighted by Gasteiger charge is -2.14. The molecule has 0 fully saturated rings. The summed E-state index contributed by atoms with van der Waals surface area (Å²) < 4.78 is 13.1. The van der Waals surface area contributed by atoms with E-state index in [-0.39, 0.29) is 0 Å². The van der Waals surface area contributed by atoms with Crippen molar-refractivity contribution >= 4 is 0 Å². The fourth-order valence-corrected chi connectivity index (χ4v) is 1.95. The van der Waals surface area contributed by atoms with Crippen molar-refractivity contribution < 1.29 is 9.47 Å². The summed E-state index contributed by atoms with van der Waals surface area (Å²) in [7, 11) is 3.54. The van der Waals surface area contributed by atoms with Crippen LogP contribution >= 0.6 is 0 Å². The Morgan fingerprint density at radius 3 is 2.70 bits per heavy atom.